The van der Waals surface area contributed by atoms with Crippen LogP contribution in [0.4, 0.5) is 0 Å². The lowest BCUT2D eigenvalue weighted by Crippen LogP contribution is -2.42. The number of piperidine rings is 1. The third-order valence-electron chi connectivity index (χ3n) is 10.4. The van der Waals surface area contributed by atoms with Crippen molar-refractivity contribution in [1.29, 1.82) is 5.26 Å². The number of hydrogen-bond donors (Lipinski definition) is 1. The smallest absolute Gasteiger partial charge is 0.237 e. The summed E-state index contributed by atoms with van der Waals surface area (Å²) in [6.07, 6.45) is 3.59. The molecule has 0 unspecified atom stereocenters. The van der Waals surface area contributed by atoms with E-state index in [0.717, 1.165) is 83.1 Å². The summed E-state index contributed by atoms with van der Waals surface area (Å²) in [6.45, 7) is 9.81. The summed E-state index contributed by atoms with van der Waals surface area (Å²) >= 11 is 0. The molecule has 8 rings (SSSR count). The first-order valence-electron chi connectivity index (χ1n) is 17.3. The van der Waals surface area contributed by atoms with Crippen LogP contribution in [0.25, 0.3) is 45.1 Å². The van der Waals surface area contributed by atoms with Crippen LogP contribution in [0.2, 0.25) is 0 Å². The SMILES string of the molecule is Cc1c(-c2nc3c(o2)CN(C(=O)CN2CCC(O)CC2)C3)cccc1-c1cccc(-c2nc3cc(CN4CCCC4)cc(C#N)c3o2)c1C. The largest absolute Gasteiger partial charge is 0.439 e. The first-order chi connectivity index (χ1) is 23.8. The number of aliphatic hydroxyl groups excluding tert-OH is 1. The van der Waals surface area contributed by atoms with Gasteiger partial charge in [0.2, 0.25) is 17.7 Å². The van der Waals surface area contributed by atoms with Crippen molar-refractivity contribution in [3.8, 4) is 40.1 Å². The van der Waals surface area contributed by atoms with Gasteiger partial charge in [-0.1, -0.05) is 24.3 Å². The Bertz CT molecular complexity index is 2070. The average molecular weight is 657 g/mol. The number of nitriles is 1. The molecule has 0 radical (unpaired) electrons. The lowest BCUT2D eigenvalue weighted by molar-refractivity contribution is -0.133. The molecule has 3 aliphatic rings. The second-order valence-electron chi connectivity index (χ2n) is 13.7. The molecule has 2 fully saturated rings. The molecule has 10 heteroatoms. The number of amides is 1. The maximum Gasteiger partial charge on any atom is 0.237 e. The minimum Gasteiger partial charge on any atom is -0.439 e. The number of aromatic nitrogens is 2. The van der Waals surface area contributed by atoms with Crippen LogP contribution in [0.5, 0.6) is 0 Å². The van der Waals surface area contributed by atoms with E-state index in [1.54, 1.807) is 4.90 Å². The molecule has 2 aromatic heterocycles. The molecule has 0 spiro atoms. The molecule has 0 aliphatic carbocycles. The van der Waals surface area contributed by atoms with Gasteiger partial charge in [0.15, 0.2) is 5.58 Å². The second-order valence-corrected chi connectivity index (χ2v) is 13.7. The van der Waals surface area contributed by atoms with Gasteiger partial charge < -0.3 is 18.8 Å². The number of carbonyl (C=O) groups is 1. The Morgan fingerprint density at radius 3 is 2.18 bits per heavy atom. The normalized spacial score (nSPS) is 17.2. The van der Waals surface area contributed by atoms with Gasteiger partial charge in [-0.3, -0.25) is 14.6 Å². The van der Waals surface area contributed by atoms with Crippen molar-refractivity contribution >= 4 is 17.0 Å². The summed E-state index contributed by atoms with van der Waals surface area (Å²) in [7, 11) is 0. The number of nitrogens with zero attached hydrogens (tertiary/aromatic N) is 6. The molecule has 3 aliphatic heterocycles. The average Bonchev–Trinajstić information content (AvgIpc) is 3.91. The van der Waals surface area contributed by atoms with Gasteiger partial charge in [0.1, 0.15) is 23.0 Å². The first kappa shape index (κ1) is 31.4. The van der Waals surface area contributed by atoms with Crippen molar-refractivity contribution in [3.63, 3.8) is 0 Å². The Labute approximate surface area is 285 Å². The zero-order valence-corrected chi connectivity index (χ0v) is 28.0. The molecule has 1 N–H and O–H groups in total. The molecule has 250 valence electrons. The Kier molecular flexibility index (Phi) is 8.28. The summed E-state index contributed by atoms with van der Waals surface area (Å²) in [4.78, 5) is 29.1. The van der Waals surface area contributed by atoms with E-state index in [4.69, 9.17) is 18.8 Å². The minimum atomic E-state index is -0.259. The van der Waals surface area contributed by atoms with E-state index in [-0.39, 0.29) is 12.0 Å². The number of oxazole rings is 2. The van der Waals surface area contributed by atoms with Gasteiger partial charge in [0.05, 0.1) is 31.3 Å². The lowest BCUT2D eigenvalue weighted by atomic mass is 9.91. The monoisotopic (exact) mass is 656 g/mol. The van der Waals surface area contributed by atoms with E-state index < -0.39 is 0 Å². The number of aliphatic hydroxyl groups is 1. The van der Waals surface area contributed by atoms with Gasteiger partial charge >= 0.3 is 0 Å². The highest BCUT2D eigenvalue weighted by Crippen LogP contribution is 2.39. The van der Waals surface area contributed by atoms with Crippen LogP contribution in [0.1, 0.15) is 59.4 Å². The molecule has 0 atom stereocenters. The minimum absolute atomic E-state index is 0.0602. The summed E-state index contributed by atoms with van der Waals surface area (Å²) in [5.74, 6) is 1.85. The second kappa shape index (κ2) is 12.9. The predicted octanol–water partition coefficient (Wildman–Crippen LogP) is 6.20. The molecule has 10 nitrogen and oxygen atoms in total. The zero-order chi connectivity index (χ0) is 33.6. The van der Waals surface area contributed by atoms with E-state index in [9.17, 15) is 15.2 Å². The Hall–Kier alpha value is -4.82. The molecular weight excluding hydrogens is 616 g/mol. The van der Waals surface area contributed by atoms with Gasteiger partial charge in [0, 0.05) is 30.8 Å². The summed E-state index contributed by atoms with van der Waals surface area (Å²) in [5, 5.41) is 19.7. The fourth-order valence-electron chi connectivity index (χ4n) is 7.60. The van der Waals surface area contributed by atoms with E-state index in [0.29, 0.717) is 60.9 Å². The lowest BCUT2D eigenvalue weighted by Gasteiger charge is -2.30. The van der Waals surface area contributed by atoms with E-state index >= 15 is 0 Å². The molecular formula is C39H40N6O4. The van der Waals surface area contributed by atoms with Gasteiger partial charge in [-0.05, 0) is 105 Å². The number of hydrogen-bond acceptors (Lipinski definition) is 9. The van der Waals surface area contributed by atoms with Crippen LogP contribution in [0.3, 0.4) is 0 Å². The summed E-state index contributed by atoms with van der Waals surface area (Å²) in [5.41, 5.74) is 9.58. The highest BCUT2D eigenvalue weighted by molar-refractivity contribution is 5.85. The van der Waals surface area contributed by atoms with Gasteiger partial charge in [0.25, 0.3) is 0 Å². The molecule has 5 heterocycles. The zero-order valence-electron chi connectivity index (χ0n) is 28.0. The fourth-order valence-corrected chi connectivity index (χ4v) is 7.60. The van der Waals surface area contributed by atoms with Crippen molar-refractivity contribution in [2.24, 2.45) is 0 Å². The molecule has 5 aromatic rings. The third kappa shape index (κ3) is 6.03. The van der Waals surface area contributed by atoms with Crippen molar-refractivity contribution < 1.29 is 18.7 Å². The molecule has 0 bridgehead atoms. The van der Waals surface area contributed by atoms with Gasteiger partial charge in [-0.15, -0.1) is 0 Å². The van der Waals surface area contributed by atoms with Crippen molar-refractivity contribution in [2.45, 2.75) is 65.3 Å². The number of fused-ring (bicyclic) bond motifs is 2. The molecule has 1 amide bonds. The van der Waals surface area contributed by atoms with E-state index in [1.165, 1.54) is 12.8 Å². The highest BCUT2D eigenvalue weighted by atomic mass is 16.4. The molecule has 49 heavy (non-hydrogen) atoms. The quantitative estimate of drug-likeness (QED) is 0.218. The predicted molar refractivity (Wildman–Crippen MR) is 185 cm³/mol. The third-order valence-corrected chi connectivity index (χ3v) is 10.4. The topological polar surface area (TPSA) is 123 Å². The number of carbonyl (C=O) groups excluding carboxylic acids is 1. The molecule has 2 saturated heterocycles. The van der Waals surface area contributed by atoms with Crippen molar-refractivity contribution in [1.82, 2.24) is 24.7 Å². The summed E-state index contributed by atoms with van der Waals surface area (Å²) in [6, 6.07) is 18.6. The molecule has 0 saturated carbocycles. The van der Waals surface area contributed by atoms with Crippen LogP contribution in [0, 0.1) is 25.2 Å². The van der Waals surface area contributed by atoms with E-state index in [1.807, 2.05) is 30.3 Å². The van der Waals surface area contributed by atoms with Gasteiger partial charge in [-0.2, -0.15) is 5.26 Å². The summed E-state index contributed by atoms with van der Waals surface area (Å²) < 4.78 is 12.6. The standard InChI is InChI=1S/C39H40N6O4/c1-24-29(7-5-9-31(24)38-42-34-21-45(22-35(34)48-38)36(47)23-44-15-11-28(46)12-16-44)30-8-6-10-32(25(30)2)39-41-33-18-26(20-43-13-3-4-14-43)17-27(19-40)37(33)49-39/h5-10,17-18,28,46H,3-4,11-16,20-23H2,1-2H3. The van der Waals surface area contributed by atoms with Crippen LogP contribution < -0.4 is 0 Å². The Morgan fingerprint density at radius 1 is 0.878 bits per heavy atom. The number of likely N-dealkylation sites (tertiary alicyclic amines) is 2. The Morgan fingerprint density at radius 2 is 1.53 bits per heavy atom. The Balaban J connectivity index is 1.04. The fraction of sp³-hybridized carbons (Fsp3) is 0.385. The van der Waals surface area contributed by atoms with Crippen LogP contribution in [-0.4, -0.2) is 74.5 Å². The number of benzene rings is 3. The van der Waals surface area contributed by atoms with E-state index in [2.05, 4.69) is 47.9 Å². The van der Waals surface area contributed by atoms with Crippen molar-refractivity contribution in [3.05, 3.63) is 82.2 Å². The van der Waals surface area contributed by atoms with Crippen molar-refractivity contribution in [2.75, 3.05) is 32.7 Å². The van der Waals surface area contributed by atoms with Crippen LogP contribution >= 0.6 is 0 Å². The van der Waals surface area contributed by atoms with Crippen LogP contribution in [0.15, 0.2) is 57.4 Å². The number of rotatable bonds is 7. The maximum absolute atomic E-state index is 13.0. The molecule has 3 aromatic carbocycles. The first-order valence-corrected chi connectivity index (χ1v) is 17.3. The van der Waals surface area contributed by atoms with Crippen LogP contribution in [-0.2, 0) is 24.4 Å². The highest BCUT2D eigenvalue weighted by Gasteiger charge is 2.31. The van der Waals surface area contributed by atoms with Gasteiger partial charge in [-0.25, -0.2) is 9.97 Å². The maximum atomic E-state index is 13.0.